The summed E-state index contributed by atoms with van der Waals surface area (Å²) in [5.74, 6) is 0.947. The zero-order valence-corrected chi connectivity index (χ0v) is 11.2. The Labute approximate surface area is 105 Å². The Hall–Kier alpha value is -0.610. The first-order valence-corrected chi connectivity index (χ1v) is 6.74. The van der Waals surface area contributed by atoms with Crippen LogP contribution in [0.5, 0.6) is 0 Å². The molecule has 1 rings (SSSR count). The molecule has 3 N–H and O–H groups in total. The molecule has 1 aliphatic rings. The van der Waals surface area contributed by atoms with Gasteiger partial charge in [0, 0.05) is 32.7 Å². The van der Waals surface area contributed by atoms with E-state index in [0.717, 1.165) is 32.7 Å². The third-order valence-corrected chi connectivity index (χ3v) is 3.11. The standard InChI is InChI=1S/C13H27N3O/c1-11(2)10-16(8-6-13(14)15)7-5-12-4-3-9-17-12/h11-12H,3-10H2,1-2H3,(H3,14,15). The van der Waals surface area contributed by atoms with E-state index in [4.69, 9.17) is 15.9 Å². The molecule has 1 heterocycles. The molecule has 0 saturated carbocycles. The van der Waals surface area contributed by atoms with Gasteiger partial charge in [-0.05, 0) is 25.2 Å². The monoisotopic (exact) mass is 241 g/mol. The lowest BCUT2D eigenvalue weighted by molar-refractivity contribution is 0.0905. The Morgan fingerprint density at radius 1 is 1.47 bits per heavy atom. The summed E-state index contributed by atoms with van der Waals surface area (Å²) in [6.45, 7) is 8.44. The Bertz CT molecular complexity index is 225. The second-order valence-corrected chi connectivity index (χ2v) is 5.39. The molecule has 0 aliphatic carbocycles. The van der Waals surface area contributed by atoms with E-state index >= 15 is 0 Å². The Morgan fingerprint density at radius 2 is 2.24 bits per heavy atom. The van der Waals surface area contributed by atoms with E-state index in [9.17, 15) is 0 Å². The Balaban J connectivity index is 2.25. The van der Waals surface area contributed by atoms with Crippen LogP contribution in [0.3, 0.4) is 0 Å². The molecule has 17 heavy (non-hydrogen) atoms. The number of ether oxygens (including phenoxy) is 1. The molecular formula is C13H27N3O. The molecule has 0 bridgehead atoms. The maximum absolute atomic E-state index is 7.30. The smallest absolute Gasteiger partial charge is 0.0918 e. The Morgan fingerprint density at radius 3 is 2.76 bits per heavy atom. The third-order valence-electron chi connectivity index (χ3n) is 3.11. The summed E-state index contributed by atoms with van der Waals surface area (Å²) >= 11 is 0. The van der Waals surface area contributed by atoms with Crippen molar-refractivity contribution in [1.29, 1.82) is 5.41 Å². The van der Waals surface area contributed by atoms with Gasteiger partial charge in [0.15, 0.2) is 0 Å². The maximum Gasteiger partial charge on any atom is 0.0918 e. The quantitative estimate of drug-likeness (QED) is 0.503. The van der Waals surface area contributed by atoms with Gasteiger partial charge in [0.1, 0.15) is 0 Å². The lowest BCUT2D eigenvalue weighted by Gasteiger charge is -2.25. The van der Waals surface area contributed by atoms with Gasteiger partial charge in [-0.15, -0.1) is 0 Å². The fourth-order valence-electron chi connectivity index (χ4n) is 2.29. The van der Waals surface area contributed by atoms with E-state index in [1.54, 1.807) is 0 Å². The average molecular weight is 241 g/mol. The van der Waals surface area contributed by atoms with Crippen LogP contribution in [0.2, 0.25) is 0 Å². The minimum absolute atomic E-state index is 0.288. The van der Waals surface area contributed by atoms with Crippen molar-refractivity contribution in [3.8, 4) is 0 Å². The minimum Gasteiger partial charge on any atom is -0.388 e. The van der Waals surface area contributed by atoms with Crippen LogP contribution in [0.25, 0.3) is 0 Å². The molecule has 1 fully saturated rings. The second-order valence-electron chi connectivity index (χ2n) is 5.39. The highest BCUT2D eigenvalue weighted by Gasteiger charge is 2.17. The summed E-state index contributed by atoms with van der Waals surface area (Å²) in [4.78, 5) is 2.41. The predicted octanol–water partition coefficient (Wildman–Crippen LogP) is 1.84. The first-order valence-electron chi connectivity index (χ1n) is 6.74. The van der Waals surface area contributed by atoms with Crippen molar-refractivity contribution in [1.82, 2.24) is 4.90 Å². The summed E-state index contributed by atoms with van der Waals surface area (Å²) in [6, 6.07) is 0. The molecule has 1 atom stereocenters. The lowest BCUT2D eigenvalue weighted by Crippen LogP contribution is -2.33. The highest BCUT2D eigenvalue weighted by molar-refractivity contribution is 5.76. The zero-order valence-electron chi connectivity index (χ0n) is 11.2. The third kappa shape index (κ3) is 6.64. The number of nitrogens with zero attached hydrogens (tertiary/aromatic N) is 1. The van der Waals surface area contributed by atoms with Crippen molar-refractivity contribution >= 4 is 5.84 Å². The number of nitrogens with two attached hydrogens (primary N) is 1. The van der Waals surface area contributed by atoms with Crippen molar-refractivity contribution < 1.29 is 4.74 Å². The highest BCUT2D eigenvalue weighted by atomic mass is 16.5. The van der Waals surface area contributed by atoms with Gasteiger partial charge < -0.3 is 15.4 Å². The maximum atomic E-state index is 7.30. The Kier molecular flexibility index (Phi) is 6.52. The fourth-order valence-corrected chi connectivity index (χ4v) is 2.29. The minimum atomic E-state index is 0.288. The molecule has 0 spiro atoms. The normalized spacial score (nSPS) is 20.4. The largest absolute Gasteiger partial charge is 0.388 e. The topological polar surface area (TPSA) is 62.3 Å². The molecule has 0 aromatic carbocycles. The van der Waals surface area contributed by atoms with E-state index in [-0.39, 0.29) is 5.84 Å². The summed E-state index contributed by atoms with van der Waals surface area (Å²) in [5.41, 5.74) is 5.42. The fraction of sp³-hybridized carbons (Fsp3) is 0.923. The van der Waals surface area contributed by atoms with E-state index in [0.29, 0.717) is 18.4 Å². The van der Waals surface area contributed by atoms with Crippen molar-refractivity contribution in [2.75, 3.05) is 26.2 Å². The van der Waals surface area contributed by atoms with E-state index in [2.05, 4.69) is 18.7 Å². The van der Waals surface area contributed by atoms with Crippen LogP contribution in [-0.4, -0.2) is 43.1 Å². The summed E-state index contributed by atoms with van der Waals surface area (Å²) < 4.78 is 5.64. The lowest BCUT2D eigenvalue weighted by atomic mass is 10.1. The van der Waals surface area contributed by atoms with Gasteiger partial charge in [-0.25, -0.2) is 0 Å². The molecule has 100 valence electrons. The number of rotatable bonds is 8. The van der Waals surface area contributed by atoms with Gasteiger partial charge in [0.2, 0.25) is 0 Å². The first kappa shape index (κ1) is 14.5. The second kappa shape index (κ2) is 7.67. The summed E-state index contributed by atoms with van der Waals surface area (Å²) in [7, 11) is 0. The van der Waals surface area contributed by atoms with Crippen LogP contribution in [0.4, 0.5) is 0 Å². The molecule has 0 aromatic rings. The van der Waals surface area contributed by atoms with Crippen molar-refractivity contribution in [2.45, 2.75) is 45.6 Å². The molecule has 4 nitrogen and oxygen atoms in total. The average Bonchev–Trinajstić information content (AvgIpc) is 2.74. The molecule has 1 aliphatic heterocycles. The molecular weight excluding hydrogens is 214 g/mol. The number of hydrogen-bond acceptors (Lipinski definition) is 3. The van der Waals surface area contributed by atoms with Crippen LogP contribution < -0.4 is 5.73 Å². The van der Waals surface area contributed by atoms with Crippen molar-refractivity contribution in [3.63, 3.8) is 0 Å². The molecule has 4 heteroatoms. The van der Waals surface area contributed by atoms with Gasteiger partial charge >= 0.3 is 0 Å². The number of nitrogens with one attached hydrogen (secondary N) is 1. The van der Waals surface area contributed by atoms with Gasteiger partial charge in [-0.2, -0.15) is 0 Å². The first-order chi connectivity index (χ1) is 8.08. The predicted molar refractivity (Wildman–Crippen MR) is 71.4 cm³/mol. The number of amidine groups is 1. The van der Waals surface area contributed by atoms with E-state index in [1.807, 2.05) is 0 Å². The van der Waals surface area contributed by atoms with Crippen LogP contribution >= 0.6 is 0 Å². The molecule has 0 aromatic heterocycles. The van der Waals surface area contributed by atoms with Gasteiger partial charge in [0.25, 0.3) is 0 Å². The van der Waals surface area contributed by atoms with Crippen LogP contribution in [0.1, 0.15) is 39.5 Å². The van der Waals surface area contributed by atoms with Gasteiger partial charge in [0.05, 0.1) is 11.9 Å². The molecule has 0 amide bonds. The van der Waals surface area contributed by atoms with Crippen molar-refractivity contribution in [3.05, 3.63) is 0 Å². The molecule has 1 saturated heterocycles. The summed E-state index contributed by atoms with van der Waals surface area (Å²) in [6.07, 6.45) is 4.68. The highest BCUT2D eigenvalue weighted by Crippen LogP contribution is 2.16. The van der Waals surface area contributed by atoms with Crippen LogP contribution in [-0.2, 0) is 4.74 Å². The molecule has 0 radical (unpaired) electrons. The van der Waals surface area contributed by atoms with E-state index < -0.39 is 0 Å². The summed E-state index contributed by atoms with van der Waals surface area (Å²) in [5, 5.41) is 7.30. The van der Waals surface area contributed by atoms with Crippen molar-refractivity contribution in [2.24, 2.45) is 11.7 Å². The SMILES string of the molecule is CC(C)CN(CCC(=N)N)CCC1CCCO1. The van der Waals surface area contributed by atoms with Crippen LogP contribution in [0, 0.1) is 11.3 Å². The zero-order chi connectivity index (χ0) is 12.7. The van der Waals surface area contributed by atoms with Gasteiger partial charge in [-0.3, -0.25) is 5.41 Å². The molecule has 1 unspecified atom stereocenters. The van der Waals surface area contributed by atoms with Crippen LogP contribution in [0.15, 0.2) is 0 Å². The number of hydrogen-bond donors (Lipinski definition) is 2. The van der Waals surface area contributed by atoms with E-state index in [1.165, 1.54) is 12.8 Å². The van der Waals surface area contributed by atoms with Gasteiger partial charge in [-0.1, -0.05) is 13.8 Å².